The van der Waals surface area contributed by atoms with Crippen LogP contribution in [0.2, 0.25) is 0 Å². The van der Waals surface area contributed by atoms with Gasteiger partial charge in [-0.15, -0.1) is 0 Å². The van der Waals surface area contributed by atoms with E-state index in [0.29, 0.717) is 6.42 Å². The molecule has 1 aromatic carbocycles. The highest BCUT2D eigenvalue weighted by atomic mass is 14.4. The molecule has 2 nitrogen and oxygen atoms in total. The van der Waals surface area contributed by atoms with Crippen molar-refractivity contribution < 1.29 is 0 Å². The van der Waals surface area contributed by atoms with Crippen molar-refractivity contribution in [2.45, 2.75) is 63.7 Å². The van der Waals surface area contributed by atoms with Crippen LogP contribution in [0.5, 0.6) is 0 Å². The fourth-order valence-corrected chi connectivity index (χ4v) is 3.52. The summed E-state index contributed by atoms with van der Waals surface area (Å²) in [5.41, 5.74) is 0.728. The maximum Gasteiger partial charge on any atom is 0.0934 e. The highest BCUT2D eigenvalue weighted by Gasteiger charge is 2.34. The van der Waals surface area contributed by atoms with Crippen LogP contribution in [0.15, 0.2) is 54.6 Å². The molecular formula is C23H28N2. The molecule has 2 rings (SSSR count). The molecule has 130 valence electrons. The van der Waals surface area contributed by atoms with E-state index in [-0.39, 0.29) is 5.41 Å². The van der Waals surface area contributed by atoms with Crippen LogP contribution in [0.3, 0.4) is 0 Å². The Balaban J connectivity index is 2.14. The first-order chi connectivity index (χ1) is 12.2. The molecule has 0 fully saturated rings. The predicted octanol–water partition coefficient (Wildman–Crippen LogP) is 6.22. The molecule has 1 aliphatic rings. The van der Waals surface area contributed by atoms with Crippen molar-refractivity contribution in [3.63, 3.8) is 0 Å². The molecule has 0 heterocycles. The smallest absolute Gasteiger partial charge is 0.0934 e. The molecule has 0 amide bonds. The minimum atomic E-state index is -0.489. The Labute approximate surface area is 152 Å². The molecule has 2 heteroatoms. The Hall–Kier alpha value is -2.32. The van der Waals surface area contributed by atoms with Crippen molar-refractivity contribution in [1.82, 2.24) is 0 Å². The van der Waals surface area contributed by atoms with E-state index >= 15 is 0 Å². The first-order valence-electron chi connectivity index (χ1n) is 9.45. The van der Waals surface area contributed by atoms with Gasteiger partial charge in [0, 0.05) is 11.8 Å². The molecule has 0 spiro atoms. The first kappa shape index (κ1) is 19.0. The van der Waals surface area contributed by atoms with E-state index in [4.69, 9.17) is 5.26 Å². The van der Waals surface area contributed by atoms with E-state index in [1.54, 1.807) is 0 Å². The van der Waals surface area contributed by atoms with E-state index in [2.05, 4.69) is 67.6 Å². The number of hydrogen-bond acceptors (Lipinski definition) is 2. The van der Waals surface area contributed by atoms with Crippen LogP contribution in [-0.4, -0.2) is 0 Å². The summed E-state index contributed by atoms with van der Waals surface area (Å²) in [4.78, 5) is 0. The number of benzene rings is 1. The van der Waals surface area contributed by atoms with Crippen molar-refractivity contribution in [3.05, 3.63) is 60.2 Å². The third-order valence-corrected chi connectivity index (χ3v) is 5.20. The summed E-state index contributed by atoms with van der Waals surface area (Å²) in [6, 6.07) is 15.3. The Morgan fingerprint density at radius 1 is 0.840 bits per heavy atom. The second-order valence-corrected chi connectivity index (χ2v) is 7.05. The second kappa shape index (κ2) is 9.24. The number of hydrogen-bond donors (Lipinski definition) is 0. The van der Waals surface area contributed by atoms with Crippen LogP contribution in [-0.2, 0) is 5.41 Å². The van der Waals surface area contributed by atoms with Gasteiger partial charge in [0.2, 0.25) is 0 Å². The van der Waals surface area contributed by atoms with Crippen LogP contribution in [0, 0.1) is 28.1 Å². The Kier molecular flexibility index (Phi) is 7.03. The van der Waals surface area contributed by atoms with Crippen molar-refractivity contribution in [2.24, 2.45) is 5.41 Å². The average Bonchev–Trinajstić information content (AvgIpc) is 2.68. The van der Waals surface area contributed by atoms with Gasteiger partial charge in [0.1, 0.15) is 0 Å². The predicted molar refractivity (Wildman–Crippen MR) is 103 cm³/mol. The molecule has 0 aliphatic heterocycles. The lowest BCUT2D eigenvalue weighted by atomic mass is 9.68. The Bertz CT molecular complexity index is 656. The summed E-state index contributed by atoms with van der Waals surface area (Å²) in [6.45, 7) is 2.22. The highest BCUT2D eigenvalue weighted by Crippen LogP contribution is 2.41. The topological polar surface area (TPSA) is 47.6 Å². The zero-order valence-corrected chi connectivity index (χ0v) is 15.2. The monoisotopic (exact) mass is 332 g/mol. The largest absolute Gasteiger partial charge is 0.198 e. The number of allylic oxidation sites excluding steroid dienone is 4. The number of unbranched alkanes of at least 4 members (excludes halogenated alkanes) is 4. The van der Waals surface area contributed by atoms with Crippen molar-refractivity contribution in [2.75, 3.05) is 0 Å². The van der Waals surface area contributed by atoms with E-state index in [1.165, 1.54) is 12.0 Å². The SMILES string of the molecule is CCCCC1(c2ccccc2)C=CC(C#N)(CCCCCC#N)C=C1. The summed E-state index contributed by atoms with van der Waals surface area (Å²) in [7, 11) is 0. The highest BCUT2D eigenvalue weighted by molar-refractivity contribution is 5.43. The van der Waals surface area contributed by atoms with Gasteiger partial charge in [-0.2, -0.15) is 10.5 Å². The van der Waals surface area contributed by atoms with Gasteiger partial charge in [-0.3, -0.25) is 0 Å². The number of rotatable bonds is 9. The van der Waals surface area contributed by atoms with Crippen LogP contribution >= 0.6 is 0 Å². The lowest BCUT2D eigenvalue weighted by molar-refractivity contribution is 0.484. The van der Waals surface area contributed by atoms with Gasteiger partial charge in [-0.05, 0) is 24.8 Å². The average molecular weight is 332 g/mol. The summed E-state index contributed by atoms with van der Waals surface area (Å²) in [5, 5.41) is 18.4. The Morgan fingerprint density at radius 3 is 2.16 bits per heavy atom. The quantitative estimate of drug-likeness (QED) is 0.398. The van der Waals surface area contributed by atoms with Gasteiger partial charge in [0.05, 0.1) is 17.6 Å². The van der Waals surface area contributed by atoms with Gasteiger partial charge in [0.25, 0.3) is 0 Å². The molecule has 1 aromatic rings. The standard InChI is InChI=1S/C23H28N2/c1-2-3-14-23(21-11-7-6-8-12-21)17-15-22(20-25,16-18-23)13-9-4-5-10-19-24/h6-8,11-12,15-18H,2-5,9-10,13-14H2,1H3. The molecule has 0 unspecified atom stereocenters. The van der Waals surface area contributed by atoms with Crippen LogP contribution in [0.25, 0.3) is 0 Å². The van der Waals surface area contributed by atoms with Gasteiger partial charge in [-0.25, -0.2) is 0 Å². The molecule has 0 atom stereocenters. The zero-order valence-electron chi connectivity index (χ0n) is 15.2. The van der Waals surface area contributed by atoms with Crippen molar-refractivity contribution >= 4 is 0 Å². The molecule has 0 aromatic heterocycles. The molecule has 0 radical (unpaired) electrons. The molecule has 0 saturated carbocycles. The van der Waals surface area contributed by atoms with Gasteiger partial charge < -0.3 is 0 Å². The van der Waals surface area contributed by atoms with Crippen molar-refractivity contribution in [3.8, 4) is 12.1 Å². The summed E-state index contributed by atoms with van der Waals surface area (Å²) in [6.07, 6.45) is 16.5. The molecule has 0 saturated heterocycles. The maximum absolute atomic E-state index is 9.76. The fourth-order valence-electron chi connectivity index (χ4n) is 3.52. The van der Waals surface area contributed by atoms with E-state index in [9.17, 15) is 5.26 Å². The number of nitriles is 2. The summed E-state index contributed by atoms with van der Waals surface area (Å²) in [5.74, 6) is 0. The molecule has 1 aliphatic carbocycles. The van der Waals surface area contributed by atoms with E-state index < -0.39 is 5.41 Å². The summed E-state index contributed by atoms with van der Waals surface area (Å²) < 4.78 is 0. The van der Waals surface area contributed by atoms with E-state index in [1.807, 2.05) is 6.07 Å². The molecule has 25 heavy (non-hydrogen) atoms. The zero-order chi connectivity index (χ0) is 18.0. The van der Waals surface area contributed by atoms with E-state index in [0.717, 1.165) is 38.5 Å². The van der Waals surface area contributed by atoms with Crippen molar-refractivity contribution in [1.29, 1.82) is 10.5 Å². The Morgan fingerprint density at radius 2 is 1.56 bits per heavy atom. The van der Waals surface area contributed by atoms with Crippen LogP contribution < -0.4 is 0 Å². The minimum absolute atomic E-state index is 0.0849. The first-order valence-corrected chi connectivity index (χ1v) is 9.45. The minimum Gasteiger partial charge on any atom is -0.198 e. The lowest BCUT2D eigenvalue weighted by Crippen LogP contribution is -2.27. The maximum atomic E-state index is 9.76. The third-order valence-electron chi connectivity index (χ3n) is 5.20. The number of nitrogens with zero attached hydrogens (tertiary/aromatic N) is 2. The van der Waals surface area contributed by atoms with Gasteiger partial charge in [0.15, 0.2) is 0 Å². The molecule has 0 N–H and O–H groups in total. The second-order valence-electron chi connectivity index (χ2n) is 7.05. The normalized spacial score (nSPS) is 24.6. The lowest BCUT2D eigenvalue weighted by Gasteiger charge is -2.34. The van der Waals surface area contributed by atoms with Crippen LogP contribution in [0.4, 0.5) is 0 Å². The molecule has 0 bridgehead atoms. The summed E-state index contributed by atoms with van der Waals surface area (Å²) >= 11 is 0. The van der Waals surface area contributed by atoms with Gasteiger partial charge in [-0.1, -0.05) is 87.2 Å². The van der Waals surface area contributed by atoms with Crippen LogP contribution in [0.1, 0.15) is 63.9 Å². The molecular weight excluding hydrogens is 304 g/mol. The van der Waals surface area contributed by atoms with Gasteiger partial charge >= 0.3 is 0 Å². The fraction of sp³-hybridized carbons (Fsp3) is 0.478. The third kappa shape index (κ3) is 4.83.